The molecule has 2 aromatic carbocycles. The molecule has 0 atom stereocenters. The van der Waals surface area contributed by atoms with Gasteiger partial charge in [0.2, 0.25) is 17.6 Å². The van der Waals surface area contributed by atoms with E-state index in [1.165, 1.54) is 0 Å². The molecule has 1 amide bonds. The average molecular weight is 404 g/mol. The lowest BCUT2D eigenvalue weighted by Crippen LogP contribution is -2.44. The quantitative estimate of drug-likeness (QED) is 0.481. The van der Waals surface area contributed by atoms with Gasteiger partial charge < -0.3 is 9.84 Å². The van der Waals surface area contributed by atoms with Gasteiger partial charge in [-0.2, -0.15) is 4.98 Å². The Kier molecular flexibility index (Phi) is 5.53. The van der Waals surface area contributed by atoms with Crippen molar-refractivity contribution in [3.05, 3.63) is 95.2 Å². The third-order valence-corrected chi connectivity index (χ3v) is 5.73. The van der Waals surface area contributed by atoms with Gasteiger partial charge in [0.15, 0.2) is 0 Å². The van der Waals surface area contributed by atoms with E-state index in [-0.39, 0.29) is 12.3 Å². The van der Waals surface area contributed by atoms with E-state index in [0.717, 1.165) is 16.0 Å². The maximum atomic E-state index is 12.8. The zero-order valence-corrected chi connectivity index (χ0v) is 16.9. The van der Waals surface area contributed by atoms with Crippen molar-refractivity contribution in [2.24, 2.45) is 0 Å². The van der Waals surface area contributed by atoms with Crippen LogP contribution in [0.5, 0.6) is 0 Å². The lowest BCUT2D eigenvalue weighted by molar-refractivity contribution is -0.122. The molecule has 0 saturated carbocycles. The molecule has 1 N–H and O–H groups in total. The Morgan fingerprint density at radius 3 is 2.24 bits per heavy atom. The van der Waals surface area contributed by atoms with Gasteiger partial charge in [-0.3, -0.25) is 4.79 Å². The first-order valence-electron chi connectivity index (χ1n) is 9.44. The van der Waals surface area contributed by atoms with Gasteiger partial charge in [0.1, 0.15) is 0 Å². The summed E-state index contributed by atoms with van der Waals surface area (Å²) in [6.45, 7) is 2.02. The summed E-state index contributed by atoms with van der Waals surface area (Å²) in [5.41, 5.74) is 1.42. The molecule has 4 aromatic rings. The van der Waals surface area contributed by atoms with Gasteiger partial charge in [-0.15, -0.1) is 11.3 Å². The molecular formula is C23H21N3O2S. The highest BCUT2D eigenvalue weighted by Crippen LogP contribution is 2.29. The topological polar surface area (TPSA) is 68.0 Å². The van der Waals surface area contributed by atoms with Crippen LogP contribution in [0.25, 0.3) is 10.7 Å². The number of hydrogen-bond acceptors (Lipinski definition) is 5. The number of nitrogens with zero attached hydrogens (tertiary/aromatic N) is 2. The molecule has 0 saturated heterocycles. The van der Waals surface area contributed by atoms with Crippen molar-refractivity contribution in [1.82, 2.24) is 15.5 Å². The van der Waals surface area contributed by atoms with E-state index in [0.29, 0.717) is 18.1 Å². The van der Waals surface area contributed by atoms with Crippen LogP contribution < -0.4 is 5.32 Å². The zero-order valence-electron chi connectivity index (χ0n) is 16.0. The molecule has 0 aliphatic heterocycles. The second-order valence-corrected chi connectivity index (χ2v) is 7.84. The van der Waals surface area contributed by atoms with Gasteiger partial charge in [0, 0.05) is 12.8 Å². The van der Waals surface area contributed by atoms with E-state index < -0.39 is 5.54 Å². The number of aromatic nitrogens is 2. The Bertz CT molecular complexity index is 1020. The molecule has 0 aliphatic rings. The fraction of sp³-hybridized carbons (Fsp3) is 0.174. The lowest BCUT2D eigenvalue weighted by Gasteiger charge is -2.32. The van der Waals surface area contributed by atoms with Crippen molar-refractivity contribution in [3.8, 4) is 10.7 Å². The minimum atomic E-state index is -0.628. The second-order valence-electron chi connectivity index (χ2n) is 6.89. The Labute approximate surface area is 173 Å². The smallest absolute Gasteiger partial charge is 0.227 e. The highest BCUT2D eigenvalue weighted by molar-refractivity contribution is 7.13. The van der Waals surface area contributed by atoms with Crippen molar-refractivity contribution in [2.45, 2.75) is 25.3 Å². The zero-order chi connectivity index (χ0) is 20.1. The summed E-state index contributed by atoms with van der Waals surface area (Å²) in [7, 11) is 0. The fourth-order valence-corrected chi connectivity index (χ4v) is 3.93. The predicted octanol–water partition coefficient (Wildman–Crippen LogP) is 4.81. The van der Waals surface area contributed by atoms with Crippen LogP contribution in [0.1, 0.15) is 30.4 Å². The first kappa shape index (κ1) is 19.1. The third-order valence-electron chi connectivity index (χ3n) is 4.87. The van der Waals surface area contributed by atoms with Crippen LogP contribution in [-0.2, 0) is 16.8 Å². The van der Waals surface area contributed by atoms with E-state index in [1.54, 1.807) is 11.3 Å². The van der Waals surface area contributed by atoms with Crippen LogP contribution in [-0.4, -0.2) is 16.0 Å². The minimum Gasteiger partial charge on any atom is -0.343 e. The minimum absolute atomic E-state index is 0.0731. The number of aryl methyl sites for hydroxylation is 1. The Balaban J connectivity index is 1.48. The van der Waals surface area contributed by atoms with Gasteiger partial charge in [-0.1, -0.05) is 71.9 Å². The molecule has 0 bridgehead atoms. The summed E-state index contributed by atoms with van der Waals surface area (Å²) in [4.78, 5) is 18.2. The largest absolute Gasteiger partial charge is 0.343 e. The summed E-state index contributed by atoms with van der Waals surface area (Å²) in [5, 5.41) is 9.17. The third kappa shape index (κ3) is 4.27. The van der Waals surface area contributed by atoms with Gasteiger partial charge >= 0.3 is 0 Å². The van der Waals surface area contributed by atoms with Crippen LogP contribution >= 0.6 is 11.3 Å². The highest BCUT2D eigenvalue weighted by atomic mass is 32.1. The first-order chi connectivity index (χ1) is 14.1. The van der Waals surface area contributed by atoms with E-state index in [1.807, 2.05) is 85.1 Å². The van der Waals surface area contributed by atoms with E-state index in [9.17, 15) is 4.79 Å². The molecule has 146 valence electrons. The van der Waals surface area contributed by atoms with Crippen molar-refractivity contribution >= 4 is 17.2 Å². The van der Waals surface area contributed by atoms with Crippen LogP contribution in [0.15, 0.2) is 82.7 Å². The SMILES string of the molecule is CC(NC(=O)CCc1nc(-c2cccs2)no1)(c1ccccc1)c1ccccc1. The summed E-state index contributed by atoms with van der Waals surface area (Å²) >= 11 is 1.55. The van der Waals surface area contributed by atoms with Crippen LogP contribution in [0.3, 0.4) is 0 Å². The molecule has 2 aromatic heterocycles. The summed E-state index contributed by atoms with van der Waals surface area (Å²) < 4.78 is 5.30. The van der Waals surface area contributed by atoms with Crippen LogP contribution in [0.4, 0.5) is 0 Å². The summed E-state index contributed by atoms with van der Waals surface area (Å²) in [6.07, 6.45) is 0.658. The van der Waals surface area contributed by atoms with Crippen LogP contribution in [0, 0.1) is 0 Å². The molecule has 5 nitrogen and oxygen atoms in total. The second kappa shape index (κ2) is 8.41. The number of amides is 1. The molecule has 0 radical (unpaired) electrons. The van der Waals surface area contributed by atoms with Crippen molar-refractivity contribution in [3.63, 3.8) is 0 Å². The number of rotatable bonds is 7. The summed E-state index contributed by atoms with van der Waals surface area (Å²) in [6, 6.07) is 23.8. The maximum Gasteiger partial charge on any atom is 0.227 e. The van der Waals surface area contributed by atoms with E-state index in [4.69, 9.17) is 4.52 Å². The number of carbonyl (C=O) groups is 1. The monoisotopic (exact) mass is 403 g/mol. The number of nitrogens with one attached hydrogen (secondary N) is 1. The molecule has 0 aliphatic carbocycles. The highest BCUT2D eigenvalue weighted by Gasteiger charge is 2.30. The number of hydrogen-bond donors (Lipinski definition) is 1. The number of carbonyl (C=O) groups excluding carboxylic acids is 1. The molecule has 0 fully saturated rings. The van der Waals surface area contributed by atoms with Crippen molar-refractivity contribution in [2.75, 3.05) is 0 Å². The van der Waals surface area contributed by atoms with Gasteiger partial charge in [0.25, 0.3) is 0 Å². The average Bonchev–Trinajstić information content (AvgIpc) is 3.45. The Morgan fingerprint density at radius 2 is 1.66 bits per heavy atom. The van der Waals surface area contributed by atoms with Crippen molar-refractivity contribution in [1.29, 1.82) is 0 Å². The molecule has 4 rings (SSSR count). The number of benzene rings is 2. The Hall–Kier alpha value is -3.25. The molecular weight excluding hydrogens is 382 g/mol. The van der Waals surface area contributed by atoms with Gasteiger partial charge in [-0.25, -0.2) is 0 Å². The molecule has 0 unspecified atom stereocenters. The van der Waals surface area contributed by atoms with E-state index in [2.05, 4.69) is 15.5 Å². The van der Waals surface area contributed by atoms with Crippen molar-refractivity contribution < 1.29 is 9.32 Å². The lowest BCUT2D eigenvalue weighted by atomic mass is 9.84. The fourth-order valence-electron chi connectivity index (χ4n) is 3.28. The maximum absolute atomic E-state index is 12.8. The molecule has 29 heavy (non-hydrogen) atoms. The summed E-state index contributed by atoms with van der Waals surface area (Å²) in [5.74, 6) is 0.953. The van der Waals surface area contributed by atoms with Crippen LogP contribution in [0.2, 0.25) is 0 Å². The standard InChI is InChI=1S/C23H21N3O2S/c1-23(17-9-4-2-5-10-17,18-11-6-3-7-12-18)25-20(27)14-15-21-24-22(26-28-21)19-13-8-16-29-19/h2-13,16H,14-15H2,1H3,(H,25,27). The first-order valence-corrected chi connectivity index (χ1v) is 10.3. The molecule has 6 heteroatoms. The molecule has 0 spiro atoms. The number of thiophene rings is 1. The Morgan fingerprint density at radius 1 is 1.00 bits per heavy atom. The molecule has 2 heterocycles. The normalized spacial score (nSPS) is 11.3. The predicted molar refractivity (Wildman–Crippen MR) is 113 cm³/mol. The van der Waals surface area contributed by atoms with Gasteiger partial charge in [0.05, 0.1) is 10.4 Å². The van der Waals surface area contributed by atoms with E-state index >= 15 is 0 Å². The van der Waals surface area contributed by atoms with Gasteiger partial charge in [-0.05, 0) is 29.5 Å².